The first-order valence-corrected chi connectivity index (χ1v) is 11.7. The van der Waals surface area contributed by atoms with Crippen LogP contribution in [0.3, 0.4) is 0 Å². The van der Waals surface area contributed by atoms with Crippen molar-refractivity contribution in [3.8, 4) is 0 Å². The van der Waals surface area contributed by atoms with Gasteiger partial charge in [0.1, 0.15) is 6.04 Å². The fraction of sp³-hybridized carbons (Fsp3) is 0.214. The summed E-state index contributed by atoms with van der Waals surface area (Å²) >= 11 is 0. The Bertz CT molecular complexity index is 1400. The van der Waals surface area contributed by atoms with Crippen LogP contribution in [0.4, 0.5) is 11.4 Å². The number of aryl methyl sites for hydroxylation is 2. The first kappa shape index (κ1) is 21.3. The third-order valence-electron chi connectivity index (χ3n) is 7.20. The van der Waals surface area contributed by atoms with E-state index in [2.05, 4.69) is 10.4 Å². The fourth-order valence-corrected chi connectivity index (χ4v) is 5.70. The Morgan fingerprint density at radius 3 is 2.37 bits per heavy atom. The van der Waals surface area contributed by atoms with Crippen LogP contribution in [0, 0.1) is 25.7 Å². The minimum Gasteiger partial charge on any atom is -0.324 e. The Morgan fingerprint density at radius 1 is 0.886 bits per heavy atom. The number of benzene rings is 3. The molecule has 7 heteroatoms. The molecule has 3 aliphatic heterocycles. The molecule has 0 spiro atoms. The molecular weight excluding hydrogens is 440 g/mol. The molecule has 2 fully saturated rings. The summed E-state index contributed by atoms with van der Waals surface area (Å²) in [7, 11) is 0. The van der Waals surface area contributed by atoms with E-state index in [1.807, 2.05) is 74.5 Å². The van der Waals surface area contributed by atoms with Crippen molar-refractivity contribution < 1.29 is 14.4 Å². The molecule has 3 aliphatic rings. The molecule has 3 aromatic rings. The predicted octanol–water partition coefficient (Wildman–Crippen LogP) is 3.82. The Labute approximate surface area is 203 Å². The molecule has 3 amide bonds. The first-order valence-electron chi connectivity index (χ1n) is 11.7. The minimum atomic E-state index is -0.915. The summed E-state index contributed by atoms with van der Waals surface area (Å²) < 4.78 is 0. The van der Waals surface area contributed by atoms with E-state index in [9.17, 15) is 14.4 Å². The van der Waals surface area contributed by atoms with Gasteiger partial charge in [-0.25, -0.2) is 4.90 Å². The summed E-state index contributed by atoms with van der Waals surface area (Å²) in [6, 6.07) is 21.1. The molecule has 0 aromatic heterocycles. The van der Waals surface area contributed by atoms with Crippen molar-refractivity contribution in [3.63, 3.8) is 0 Å². The Morgan fingerprint density at radius 2 is 1.60 bits per heavy atom. The van der Waals surface area contributed by atoms with E-state index in [0.717, 1.165) is 22.3 Å². The van der Waals surface area contributed by atoms with Gasteiger partial charge in [0.2, 0.25) is 17.7 Å². The number of imide groups is 1. The molecule has 2 saturated heterocycles. The van der Waals surface area contributed by atoms with Gasteiger partial charge in [-0.05, 0) is 48.7 Å². The van der Waals surface area contributed by atoms with Gasteiger partial charge < -0.3 is 5.32 Å². The quantitative estimate of drug-likeness (QED) is 0.598. The van der Waals surface area contributed by atoms with E-state index < -0.39 is 23.9 Å². The highest BCUT2D eigenvalue weighted by molar-refractivity contribution is 6.24. The SMILES string of the molecule is Cc1ccc(N2C(=O)[C@@H]3[C@H](C2=O)[C@H](C(=O)Nc2ccccc2)N2N=Cc4ccccc4[C@H]32)c(C)c1. The van der Waals surface area contributed by atoms with Gasteiger partial charge in [0.05, 0.1) is 29.8 Å². The zero-order chi connectivity index (χ0) is 24.3. The van der Waals surface area contributed by atoms with Crippen LogP contribution in [0.15, 0.2) is 77.9 Å². The lowest BCUT2D eigenvalue weighted by Gasteiger charge is -2.33. The normalized spacial score (nSPS) is 24.3. The van der Waals surface area contributed by atoms with Crippen molar-refractivity contribution in [1.29, 1.82) is 0 Å². The summed E-state index contributed by atoms with van der Waals surface area (Å²) in [6.45, 7) is 3.86. The Kier molecular flexibility index (Phi) is 4.81. The molecule has 1 N–H and O–H groups in total. The molecular formula is C28H24N4O3. The number of para-hydroxylation sites is 1. The van der Waals surface area contributed by atoms with Crippen LogP contribution >= 0.6 is 0 Å². The number of amides is 3. The van der Waals surface area contributed by atoms with Gasteiger partial charge in [-0.15, -0.1) is 0 Å². The van der Waals surface area contributed by atoms with E-state index in [1.54, 1.807) is 23.4 Å². The summed E-state index contributed by atoms with van der Waals surface area (Å²) in [5, 5.41) is 9.16. The van der Waals surface area contributed by atoms with Gasteiger partial charge in [0.15, 0.2) is 0 Å². The van der Waals surface area contributed by atoms with Crippen LogP contribution in [0.5, 0.6) is 0 Å². The topological polar surface area (TPSA) is 82.1 Å². The highest BCUT2D eigenvalue weighted by Crippen LogP contribution is 2.52. The monoisotopic (exact) mass is 464 g/mol. The predicted molar refractivity (Wildman–Crippen MR) is 133 cm³/mol. The Balaban J connectivity index is 1.46. The molecule has 4 atom stereocenters. The summed E-state index contributed by atoms with van der Waals surface area (Å²) in [6.07, 6.45) is 1.70. The molecule has 174 valence electrons. The number of hydrazone groups is 1. The van der Waals surface area contributed by atoms with Gasteiger partial charge in [-0.2, -0.15) is 5.10 Å². The Hall–Kier alpha value is -4.26. The number of carbonyl (C=O) groups is 3. The number of hydrogen-bond donors (Lipinski definition) is 1. The second-order valence-electron chi connectivity index (χ2n) is 9.35. The van der Waals surface area contributed by atoms with Crippen molar-refractivity contribution in [3.05, 3.63) is 95.1 Å². The summed E-state index contributed by atoms with van der Waals surface area (Å²) in [4.78, 5) is 42.7. The molecule has 0 unspecified atom stereocenters. The molecule has 0 radical (unpaired) electrons. The molecule has 0 aliphatic carbocycles. The second kappa shape index (κ2) is 7.91. The molecule has 3 heterocycles. The number of anilines is 2. The second-order valence-corrected chi connectivity index (χ2v) is 9.35. The highest BCUT2D eigenvalue weighted by atomic mass is 16.2. The van der Waals surface area contributed by atoms with Crippen LogP contribution in [-0.2, 0) is 14.4 Å². The van der Waals surface area contributed by atoms with Crippen molar-refractivity contribution in [2.75, 3.05) is 10.2 Å². The standard InChI is InChI=1S/C28H24N4O3/c1-16-12-13-21(17(2)14-16)31-27(34)22-23(28(31)35)25(26(33)30-19-9-4-3-5-10-19)32-24(22)20-11-7-6-8-18(20)15-29-32/h3-15,22-25H,1-2H3,(H,30,33)/t22-,23+,24-,25-/m1/s1. The minimum absolute atomic E-state index is 0.288. The van der Waals surface area contributed by atoms with Gasteiger partial charge in [0, 0.05) is 5.69 Å². The lowest BCUT2D eigenvalue weighted by Crippen LogP contribution is -2.46. The van der Waals surface area contributed by atoms with Crippen LogP contribution in [-0.4, -0.2) is 35.0 Å². The molecule has 3 aromatic carbocycles. The first-order chi connectivity index (χ1) is 17.0. The molecule has 0 bridgehead atoms. The number of nitrogens with zero attached hydrogens (tertiary/aromatic N) is 3. The maximum atomic E-state index is 13.9. The number of rotatable bonds is 3. The van der Waals surface area contributed by atoms with E-state index in [0.29, 0.717) is 11.4 Å². The van der Waals surface area contributed by atoms with E-state index in [1.165, 1.54) is 4.90 Å². The number of nitrogens with one attached hydrogen (secondary N) is 1. The largest absolute Gasteiger partial charge is 0.324 e. The van der Waals surface area contributed by atoms with E-state index in [-0.39, 0.29) is 17.7 Å². The fourth-order valence-electron chi connectivity index (χ4n) is 5.70. The average Bonchev–Trinajstić information content (AvgIpc) is 3.33. The molecule has 35 heavy (non-hydrogen) atoms. The number of fused-ring (bicyclic) bond motifs is 5. The van der Waals surface area contributed by atoms with Crippen LogP contribution < -0.4 is 10.2 Å². The average molecular weight is 465 g/mol. The molecule has 0 saturated carbocycles. The van der Waals surface area contributed by atoms with Gasteiger partial charge >= 0.3 is 0 Å². The van der Waals surface area contributed by atoms with Crippen molar-refractivity contribution >= 4 is 35.3 Å². The van der Waals surface area contributed by atoms with Crippen molar-refractivity contribution in [1.82, 2.24) is 5.01 Å². The maximum absolute atomic E-state index is 13.9. The van der Waals surface area contributed by atoms with E-state index in [4.69, 9.17) is 0 Å². The summed E-state index contributed by atoms with van der Waals surface area (Å²) in [5.74, 6) is -2.56. The number of carbonyl (C=O) groups excluding carboxylic acids is 3. The molecule has 6 rings (SSSR count). The maximum Gasteiger partial charge on any atom is 0.249 e. The third-order valence-corrected chi connectivity index (χ3v) is 7.20. The van der Waals surface area contributed by atoms with Crippen molar-refractivity contribution in [2.24, 2.45) is 16.9 Å². The third kappa shape index (κ3) is 3.19. The molecule has 7 nitrogen and oxygen atoms in total. The van der Waals surface area contributed by atoms with Gasteiger partial charge in [0.25, 0.3) is 0 Å². The van der Waals surface area contributed by atoms with Crippen molar-refractivity contribution in [2.45, 2.75) is 25.9 Å². The van der Waals surface area contributed by atoms with Gasteiger partial charge in [-0.3, -0.25) is 19.4 Å². The van der Waals surface area contributed by atoms with Crippen LogP contribution in [0.2, 0.25) is 0 Å². The highest BCUT2D eigenvalue weighted by Gasteiger charge is 2.65. The lowest BCUT2D eigenvalue weighted by molar-refractivity contribution is -0.129. The van der Waals surface area contributed by atoms with Crippen LogP contribution in [0.1, 0.15) is 28.3 Å². The summed E-state index contributed by atoms with van der Waals surface area (Å²) in [5.41, 5.74) is 4.88. The zero-order valence-corrected chi connectivity index (χ0v) is 19.4. The smallest absolute Gasteiger partial charge is 0.249 e. The number of hydrogen-bond acceptors (Lipinski definition) is 5. The van der Waals surface area contributed by atoms with Crippen LogP contribution in [0.25, 0.3) is 0 Å². The van der Waals surface area contributed by atoms with Gasteiger partial charge in [-0.1, -0.05) is 60.2 Å². The zero-order valence-electron chi connectivity index (χ0n) is 19.4. The van der Waals surface area contributed by atoms with E-state index >= 15 is 0 Å². The lowest BCUT2D eigenvalue weighted by atomic mass is 9.85.